The van der Waals surface area contributed by atoms with Crippen molar-refractivity contribution in [3.8, 4) is 5.75 Å². The smallest absolute Gasteiger partial charge is 0.294 e. The van der Waals surface area contributed by atoms with E-state index in [2.05, 4.69) is 10.2 Å². The fourth-order valence-corrected chi connectivity index (χ4v) is 6.47. The molecule has 0 bridgehead atoms. The first-order chi connectivity index (χ1) is 20.7. The number of hydrogen-bond donors (Lipinski definition) is 6. The van der Waals surface area contributed by atoms with Crippen LogP contribution in [0.5, 0.6) is 5.75 Å². The van der Waals surface area contributed by atoms with Gasteiger partial charge in [-0.25, -0.2) is 0 Å². The maximum atomic E-state index is 13.7. The number of nitrogens with one attached hydrogen (secondary N) is 1. The van der Waals surface area contributed by atoms with Gasteiger partial charge in [0.25, 0.3) is 11.0 Å². The first-order valence-electron chi connectivity index (χ1n) is 14.3. The zero-order valence-electron chi connectivity index (χ0n) is 24.7. The molecule has 1 aromatic rings. The highest BCUT2D eigenvalue weighted by Gasteiger charge is 2.47. The molecule has 15 nitrogen and oxygen atoms in total. The summed E-state index contributed by atoms with van der Waals surface area (Å²) in [6.07, 6.45) is -2.86. The van der Waals surface area contributed by atoms with Gasteiger partial charge in [0.2, 0.25) is 5.78 Å². The second-order valence-electron chi connectivity index (χ2n) is 11.8. The van der Waals surface area contributed by atoms with Crippen LogP contribution in [-0.4, -0.2) is 117 Å². The topological polar surface area (TPSA) is 223 Å². The summed E-state index contributed by atoms with van der Waals surface area (Å²) >= 11 is 0. The number of aliphatic hydroxyl groups is 4. The highest BCUT2D eigenvalue weighted by atomic mass is 16.9. The SMILES string of the molecule is C[C@H]1c2cccc(O)c2C(O)=C2C(=O)[C@H](O)C(=O)/C(C(=O)NCN3CCCC(CO[N+](=O)[O-])C3)=C(/O)[C@@H](N(C)C)C[C@@H](O)[C@@H]21. The number of rotatable bonds is 7. The summed E-state index contributed by atoms with van der Waals surface area (Å²) in [4.78, 5) is 59.0. The van der Waals surface area contributed by atoms with Crippen molar-refractivity contribution in [2.75, 3.05) is 40.5 Å². The Hall–Kier alpha value is -4.05. The van der Waals surface area contributed by atoms with Crippen LogP contribution in [0, 0.1) is 22.0 Å². The van der Waals surface area contributed by atoms with Gasteiger partial charge in [0.15, 0.2) is 11.9 Å². The maximum Gasteiger partial charge on any atom is 0.294 e. The van der Waals surface area contributed by atoms with Crippen molar-refractivity contribution in [3.05, 3.63) is 56.3 Å². The van der Waals surface area contributed by atoms with Gasteiger partial charge in [-0.15, -0.1) is 10.1 Å². The second kappa shape index (κ2) is 13.3. The zero-order chi connectivity index (χ0) is 32.5. The number of likely N-dealkylation sites (N-methyl/N-ethyl adjacent to an activating group) is 1. The minimum Gasteiger partial charge on any atom is -0.510 e. The number of phenolic OH excluding ortho intramolecular Hbond substituents is 1. The molecule has 0 aromatic heterocycles. The molecular weight excluding hydrogens is 580 g/mol. The molecule has 4 rings (SSSR count). The third kappa shape index (κ3) is 6.40. The van der Waals surface area contributed by atoms with E-state index >= 15 is 0 Å². The number of Topliss-reactive ketones (excluding diaryl/α,β-unsaturated/α-hetero) is 2. The van der Waals surface area contributed by atoms with Gasteiger partial charge in [0.1, 0.15) is 29.4 Å². The molecular formula is C29H38N4O11. The normalized spacial score (nSPS) is 30.0. The van der Waals surface area contributed by atoms with Gasteiger partial charge in [0.05, 0.1) is 24.4 Å². The molecule has 1 aliphatic heterocycles. The lowest BCUT2D eigenvalue weighted by molar-refractivity contribution is -0.759. The average Bonchev–Trinajstić information content (AvgIpc) is 2.98. The number of hydrogen-bond acceptors (Lipinski definition) is 13. The molecule has 44 heavy (non-hydrogen) atoms. The van der Waals surface area contributed by atoms with Crippen LogP contribution in [0.2, 0.25) is 0 Å². The molecule has 3 aliphatic rings. The lowest BCUT2D eigenvalue weighted by Crippen LogP contribution is -2.49. The Labute approximate surface area is 253 Å². The van der Waals surface area contributed by atoms with Crippen LogP contribution in [-0.2, 0) is 19.2 Å². The van der Waals surface area contributed by atoms with E-state index in [1.54, 1.807) is 38.1 Å². The molecule has 6 N–H and O–H groups in total. The highest BCUT2D eigenvalue weighted by Crippen LogP contribution is 2.48. The molecule has 1 unspecified atom stereocenters. The molecule has 1 fully saturated rings. The average molecular weight is 619 g/mol. The molecule has 2 aliphatic carbocycles. The molecule has 1 saturated heterocycles. The second-order valence-corrected chi connectivity index (χ2v) is 11.8. The number of amides is 1. The lowest BCUT2D eigenvalue weighted by Gasteiger charge is -2.39. The summed E-state index contributed by atoms with van der Waals surface area (Å²) in [5.41, 5.74) is -0.970. The van der Waals surface area contributed by atoms with Crippen molar-refractivity contribution in [3.63, 3.8) is 0 Å². The molecule has 240 valence electrons. The number of likely N-dealkylation sites (tertiary alicyclic amines) is 1. The summed E-state index contributed by atoms with van der Waals surface area (Å²) in [5.74, 6) is -7.52. The highest BCUT2D eigenvalue weighted by molar-refractivity contribution is 6.29. The van der Waals surface area contributed by atoms with Gasteiger partial charge in [-0.2, -0.15) is 0 Å². The Morgan fingerprint density at radius 1 is 1.18 bits per heavy atom. The van der Waals surface area contributed by atoms with E-state index in [1.807, 2.05) is 0 Å². The van der Waals surface area contributed by atoms with Crippen molar-refractivity contribution in [1.82, 2.24) is 15.1 Å². The minimum atomic E-state index is -2.52. The van der Waals surface area contributed by atoms with Crippen molar-refractivity contribution >= 4 is 23.2 Å². The zero-order valence-corrected chi connectivity index (χ0v) is 24.7. The number of aromatic hydroxyl groups is 1. The number of carbonyl (C=O) groups excluding carboxylic acids is 3. The Bertz CT molecular complexity index is 1390. The van der Waals surface area contributed by atoms with Crippen LogP contribution in [0.4, 0.5) is 0 Å². The Morgan fingerprint density at radius 2 is 1.89 bits per heavy atom. The van der Waals surface area contributed by atoms with Crippen LogP contribution < -0.4 is 5.32 Å². The van der Waals surface area contributed by atoms with Crippen molar-refractivity contribution in [2.24, 2.45) is 11.8 Å². The van der Waals surface area contributed by atoms with E-state index in [1.165, 1.54) is 11.0 Å². The predicted octanol–water partition coefficient (Wildman–Crippen LogP) is 0.395. The number of phenols is 1. The fraction of sp³-hybridized carbons (Fsp3) is 0.552. The van der Waals surface area contributed by atoms with E-state index in [9.17, 15) is 50.0 Å². The molecule has 6 atom stereocenters. The van der Waals surface area contributed by atoms with Crippen LogP contribution in [0.1, 0.15) is 43.2 Å². The molecule has 1 aromatic carbocycles. The van der Waals surface area contributed by atoms with Crippen LogP contribution in [0.15, 0.2) is 35.1 Å². The summed E-state index contributed by atoms with van der Waals surface area (Å²) in [6, 6.07) is 3.35. The Kier molecular flexibility index (Phi) is 9.93. The summed E-state index contributed by atoms with van der Waals surface area (Å²) < 4.78 is 0. The largest absolute Gasteiger partial charge is 0.510 e. The number of nitrogens with zero attached hydrogens (tertiary/aromatic N) is 3. The van der Waals surface area contributed by atoms with Crippen LogP contribution in [0.25, 0.3) is 5.76 Å². The lowest BCUT2D eigenvalue weighted by atomic mass is 9.68. The molecule has 0 radical (unpaired) electrons. The third-order valence-corrected chi connectivity index (χ3v) is 8.72. The number of ketones is 2. The van der Waals surface area contributed by atoms with Crippen molar-refractivity contribution in [1.29, 1.82) is 0 Å². The minimum absolute atomic E-state index is 0.0625. The standard InChI is InChI=1S/C29H38N4O11/c1-14-16-7-4-8-18(34)21(16)25(37)22-20(14)19(35)10-17(31(2)3)24(36)23(27(39)28(40)26(22)38)29(41)30-13-32-9-5-6-15(11-32)12-44-33(42)43/h4,7-8,14-15,17,19-20,28,34-37,40H,5-6,9-13H2,1-3H3,(H,30,41)/b24-23-/t14-,15?,17-,19+,20-,28-/m0/s1. The molecule has 0 spiro atoms. The van der Waals surface area contributed by atoms with Gasteiger partial charge < -0.3 is 35.7 Å². The molecule has 15 heteroatoms. The fourth-order valence-electron chi connectivity index (χ4n) is 6.47. The number of aliphatic hydroxyl groups excluding tert-OH is 4. The summed E-state index contributed by atoms with van der Waals surface area (Å²) in [7, 11) is 3.10. The monoisotopic (exact) mass is 618 g/mol. The molecule has 0 saturated carbocycles. The van der Waals surface area contributed by atoms with Crippen LogP contribution in [0.3, 0.4) is 0 Å². The van der Waals surface area contributed by atoms with E-state index in [4.69, 9.17) is 0 Å². The van der Waals surface area contributed by atoms with E-state index in [-0.39, 0.29) is 36.9 Å². The van der Waals surface area contributed by atoms with Crippen LogP contribution >= 0.6 is 0 Å². The number of piperidine rings is 1. The van der Waals surface area contributed by atoms with Gasteiger partial charge in [-0.1, -0.05) is 19.1 Å². The predicted molar refractivity (Wildman–Crippen MR) is 154 cm³/mol. The molecule has 1 amide bonds. The van der Waals surface area contributed by atoms with Gasteiger partial charge in [-0.05, 0) is 63.4 Å². The maximum absolute atomic E-state index is 13.7. The van der Waals surface area contributed by atoms with E-state index in [0.29, 0.717) is 31.5 Å². The van der Waals surface area contributed by atoms with Gasteiger partial charge >= 0.3 is 0 Å². The quantitative estimate of drug-likeness (QED) is 0.105. The number of carbonyl (C=O) groups is 3. The number of fused-ring (bicyclic) bond motifs is 2. The Morgan fingerprint density at radius 3 is 2.55 bits per heavy atom. The molecule has 1 heterocycles. The summed E-state index contributed by atoms with van der Waals surface area (Å²) in [5, 5.41) is 67.7. The number of benzene rings is 1. The summed E-state index contributed by atoms with van der Waals surface area (Å²) in [6.45, 7) is 2.32. The Balaban J connectivity index is 1.69. The van der Waals surface area contributed by atoms with Gasteiger partial charge in [-0.3, -0.25) is 24.2 Å². The van der Waals surface area contributed by atoms with E-state index < -0.39 is 75.3 Å². The van der Waals surface area contributed by atoms with E-state index in [0.717, 1.165) is 0 Å². The first-order valence-corrected chi connectivity index (χ1v) is 14.3. The first kappa shape index (κ1) is 32.9. The third-order valence-electron chi connectivity index (χ3n) is 8.72. The van der Waals surface area contributed by atoms with Crippen molar-refractivity contribution < 1.29 is 49.8 Å². The van der Waals surface area contributed by atoms with Gasteiger partial charge in [0, 0.05) is 18.0 Å². The van der Waals surface area contributed by atoms with Crippen molar-refractivity contribution in [2.45, 2.75) is 50.4 Å².